The zero-order valence-electron chi connectivity index (χ0n) is 11.4. The fraction of sp³-hybridized carbons (Fsp3) is 0.222. The third kappa shape index (κ3) is 1.58. The number of fused-ring (bicyclic) bond motifs is 3. The summed E-state index contributed by atoms with van der Waals surface area (Å²) in [5, 5.41) is 3.68. The lowest BCUT2D eigenvalue weighted by Crippen LogP contribution is -2.24. The number of benzene rings is 2. The molecule has 20 heavy (non-hydrogen) atoms. The van der Waals surface area contributed by atoms with Gasteiger partial charge in [-0.25, -0.2) is 0 Å². The van der Waals surface area contributed by atoms with Gasteiger partial charge in [-0.3, -0.25) is 0 Å². The van der Waals surface area contributed by atoms with Crippen molar-refractivity contribution in [1.29, 1.82) is 0 Å². The third-order valence-corrected chi connectivity index (χ3v) is 4.43. The summed E-state index contributed by atoms with van der Waals surface area (Å²) in [5.41, 5.74) is 3.95. The molecule has 100 valence electrons. The van der Waals surface area contributed by atoms with Gasteiger partial charge >= 0.3 is 0 Å². The van der Waals surface area contributed by atoms with E-state index in [4.69, 9.17) is 4.74 Å². The van der Waals surface area contributed by atoms with Crippen LogP contribution >= 0.6 is 0 Å². The van der Waals surface area contributed by atoms with Crippen LogP contribution in [0.15, 0.2) is 66.4 Å². The van der Waals surface area contributed by atoms with Crippen LogP contribution < -0.4 is 5.32 Å². The monoisotopic (exact) mass is 263 g/mol. The van der Waals surface area contributed by atoms with E-state index < -0.39 is 0 Å². The molecule has 2 heteroatoms. The van der Waals surface area contributed by atoms with E-state index in [1.807, 2.05) is 0 Å². The first-order valence-electron chi connectivity index (χ1n) is 7.04. The molecule has 1 aliphatic heterocycles. The Morgan fingerprint density at radius 2 is 1.70 bits per heavy atom. The van der Waals surface area contributed by atoms with Gasteiger partial charge < -0.3 is 10.1 Å². The maximum absolute atomic E-state index is 5.65. The summed E-state index contributed by atoms with van der Waals surface area (Å²) in [6.07, 6.45) is 2.28. The molecular weight excluding hydrogens is 246 g/mol. The zero-order valence-corrected chi connectivity index (χ0v) is 11.4. The van der Waals surface area contributed by atoms with E-state index >= 15 is 0 Å². The summed E-state index contributed by atoms with van der Waals surface area (Å²) in [6.45, 7) is 0. The summed E-state index contributed by atoms with van der Waals surface area (Å²) < 4.78 is 5.65. The molecule has 0 saturated heterocycles. The highest BCUT2D eigenvalue weighted by Crippen LogP contribution is 2.50. The lowest BCUT2D eigenvalue weighted by atomic mass is 9.89. The highest BCUT2D eigenvalue weighted by molar-refractivity contribution is 5.64. The van der Waals surface area contributed by atoms with E-state index in [1.54, 1.807) is 7.11 Å². The molecular formula is C18H17NO. The standard InChI is InChI=1S/C18H17NO/c1-20-16-11-14-13-9-5-6-10-15(13)19-18(14)17(16)12-7-3-2-4-8-12/h2-11,14,17-19H,1H3/t14-,17+,18+/m1/s1. The van der Waals surface area contributed by atoms with Gasteiger partial charge in [0.2, 0.25) is 0 Å². The lowest BCUT2D eigenvalue weighted by molar-refractivity contribution is 0.267. The number of hydrogen-bond donors (Lipinski definition) is 1. The highest BCUT2D eigenvalue weighted by atomic mass is 16.5. The third-order valence-electron chi connectivity index (χ3n) is 4.43. The van der Waals surface area contributed by atoms with E-state index in [1.165, 1.54) is 16.8 Å². The van der Waals surface area contributed by atoms with E-state index in [9.17, 15) is 0 Å². The molecule has 0 aromatic heterocycles. The molecule has 2 aliphatic rings. The average Bonchev–Trinajstić information content (AvgIpc) is 3.03. The number of para-hydroxylation sites is 1. The number of rotatable bonds is 2. The Hall–Kier alpha value is -2.22. The highest BCUT2D eigenvalue weighted by Gasteiger charge is 2.44. The molecule has 0 radical (unpaired) electrons. The summed E-state index contributed by atoms with van der Waals surface area (Å²) in [5.74, 6) is 1.78. The molecule has 2 nitrogen and oxygen atoms in total. The molecule has 0 bridgehead atoms. The van der Waals surface area contributed by atoms with Crippen LogP contribution in [0.4, 0.5) is 5.69 Å². The smallest absolute Gasteiger partial charge is 0.102 e. The first kappa shape index (κ1) is 11.6. The van der Waals surface area contributed by atoms with Gasteiger partial charge in [-0.15, -0.1) is 0 Å². The first-order valence-corrected chi connectivity index (χ1v) is 7.04. The van der Waals surface area contributed by atoms with Gasteiger partial charge in [0, 0.05) is 11.6 Å². The lowest BCUT2D eigenvalue weighted by Gasteiger charge is -2.22. The Balaban J connectivity index is 1.79. The Morgan fingerprint density at radius 3 is 2.50 bits per heavy atom. The van der Waals surface area contributed by atoms with Crippen molar-refractivity contribution in [2.75, 3.05) is 12.4 Å². The molecule has 2 aromatic rings. The van der Waals surface area contributed by atoms with Crippen molar-refractivity contribution < 1.29 is 4.74 Å². The minimum atomic E-state index is 0.290. The van der Waals surface area contributed by atoms with Crippen molar-refractivity contribution in [1.82, 2.24) is 0 Å². The van der Waals surface area contributed by atoms with Crippen LogP contribution in [-0.4, -0.2) is 13.2 Å². The molecule has 0 amide bonds. The Labute approximate surface area is 119 Å². The van der Waals surface area contributed by atoms with E-state index in [-0.39, 0.29) is 0 Å². The molecule has 1 heterocycles. The number of nitrogens with one attached hydrogen (secondary N) is 1. The first-order chi connectivity index (χ1) is 9.88. The van der Waals surface area contributed by atoms with Gasteiger partial charge in [0.1, 0.15) is 5.76 Å². The topological polar surface area (TPSA) is 21.3 Å². The number of methoxy groups -OCH3 is 1. The van der Waals surface area contributed by atoms with Crippen LogP contribution in [0, 0.1) is 0 Å². The maximum atomic E-state index is 5.65. The summed E-state index contributed by atoms with van der Waals surface area (Å²) >= 11 is 0. The average molecular weight is 263 g/mol. The maximum Gasteiger partial charge on any atom is 0.102 e. The fourth-order valence-electron chi connectivity index (χ4n) is 3.55. The number of anilines is 1. The minimum absolute atomic E-state index is 0.290. The number of ether oxygens (including phenoxy) is 1. The van der Waals surface area contributed by atoms with Crippen LogP contribution in [0.25, 0.3) is 0 Å². The predicted molar refractivity (Wildman–Crippen MR) is 80.9 cm³/mol. The van der Waals surface area contributed by atoms with Gasteiger partial charge in [0.15, 0.2) is 0 Å². The molecule has 2 aromatic carbocycles. The van der Waals surface area contributed by atoms with Crippen molar-refractivity contribution in [3.63, 3.8) is 0 Å². The normalized spacial score (nSPS) is 26.4. The molecule has 0 fully saturated rings. The van der Waals surface area contributed by atoms with Gasteiger partial charge in [0.25, 0.3) is 0 Å². The number of hydrogen-bond acceptors (Lipinski definition) is 2. The van der Waals surface area contributed by atoms with Crippen molar-refractivity contribution >= 4 is 5.69 Å². The van der Waals surface area contributed by atoms with Crippen molar-refractivity contribution in [3.05, 3.63) is 77.6 Å². The van der Waals surface area contributed by atoms with Crippen LogP contribution in [0.5, 0.6) is 0 Å². The van der Waals surface area contributed by atoms with Crippen LogP contribution in [0.1, 0.15) is 23.0 Å². The minimum Gasteiger partial charge on any atom is -0.501 e. The van der Waals surface area contributed by atoms with Crippen LogP contribution in [0.2, 0.25) is 0 Å². The molecule has 0 unspecified atom stereocenters. The Morgan fingerprint density at radius 1 is 0.950 bits per heavy atom. The van der Waals surface area contributed by atoms with E-state index in [2.05, 4.69) is 66.0 Å². The summed E-state index contributed by atoms with van der Waals surface area (Å²) in [7, 11) is 1.77. The second kappa shape index (κ2) is 4.41. The van der Waals surface area contributed by atoms with Gasteiger partial charge in [-0.2, -0.15) is 0 Å². The van der Waals surface area contributed by atoms with Crippen molar-refractivity contribution in [2.24, 2.45) is 0 Å². The van der Waals surface area contributed by atoms with E-state index in [0.29, 0.717) is 17.9 Å². The van der Waals surface area contributed by atoms with Gasteiger partial charge in [-0.1, -0.05) is 48.5 Å². The molecule has 1 N–H and O–H groups in total. The molecule has 0 spiro atoms. The predicted octanol–water partition coefficient (Wildman–Crippen LogP) is 3.89. The van der Waals surface area contributed by atoms with Crippen molar-refractivity contribution in [2.45, 2.75) is 17.9 Å². The molecule has 3 atom stereocenters. The SMILES string of the molecule is COC1=C[C@@H]2c3ccccc3N[C@@H]2[C@H]1c1ccccc1. The summed E-state index contributed by atoms with van der Waals surface area (Å²) in [6, 6.07) is 19.6. The Kier molecular flexibility index (Phi) is 2.56. The second-order valence-corrected chi connectivity index (χ2v) is 5.44. The van der Waals surface area contributed by atoms with Gasteiger partial charge in [0.05, 0.1) is 19.1 Å². The second-order valence-electron chi connectivity index (χ2n) is 5.44. The Bertz CT molecular complexity index is 662. The molecule has 0 saturated carbocycles. The largest absolute Gasteiger partial charge is 0.501 e. The van der Waals surface area contributed by atoms with Crippen LogP contribution in [0.3, 0.4) is 0 Å². The molecule has 4 rings (SSSR count). The van der Waals surface area contributed by atoms with Crippen LogP contribution in [-0.2, 0) is 4.74 Å². The van der Waals surface area contributed by atoms with Crippen molar-refractivity contribution in [3.8, 4) is 0 Å². The summed E-state index contributed by atoms with van der Waals surface area (Å²) in [4.78, 5) is 0. The quantitative estimate of drug-likeness (QED) is 0.887. The molecule has 1 aliphatic carbocycles. The van der Waals surface area contributed by atoms with Gasteiger partial charge in [-0.05, 0) is 23.3 Å². The van der Waals surface area contributed by atoms with E-state index in [0.717, 1.165) is 5.76 Å². The zero-order chi connectivity index (χ0) is 13.5. The fourth-order valence-corrected chi connectivity index (χ4v) is 3.55.